The van der Waals surface area contributed by atoms with Gasteiger partial charge in [-0.2, -0.15) is 0 Å². The Morgan fingerprint density at radius 2 is 2.00 bits per heavy atom. The third kappa shape index (κ3) is 1.80. The Balaban J connectivity index is 2.24. The molecule has 4 heteroatoms. The summed E-state index contributed by atoms with van der Waals surface area (Å²) in [5.74, 6) is 1.32. The van der Waals surface area contributed by atoms with Crippen molar-refractivity contribution in [1.29, 1.82) is 0 Å². The monoisotopic (exact) mass is 208 g/mol. The van der Waals surface area contributed by atoms with Crippen LogP contribution in [0.4, 0.5) is 0 Å². The lowest BCUT2D eigenvalue weighted by Gasteiger charge is -2.08. The molecule has 80 valence electrons. The quantitative estimate of drug-likeness (QED) is 0.553. The van der Waals surface area contributed by atoms with E-state index in [1.165, 1.54) is 0 Å². The highest BCUT2D eigenvalue weighted by atomic mass is 16.6. The molecule has 0 N–H and O–H groups in total. The van der Waals surface area contributed by atoms with Crippen LogP contribution in [0.15, 0.2) is 18.2 Å². The molecule has 15 heavy (non-hydrogen) atoms. The third-order valence-electron chi connectivity index (χ3n) is 2.40. The maximum absolute atomic E-state index is 10.4. The van der Waals surface area contributed by atoms with Crippen LogP contribution in [0.25, 0.3) is 0 Å². The summed E-state index contributed by atoms with van der Waals surface area (Å²) >= 11 is 0. The van der Waals surface area contributed by atoms with Gasteiger partial charge in [0.05, 0.1) is 14.2 Å². The van der Waals surface area contributed by atoms with Crippen molar-refractivity contribution in [3.05, 3.63) is 23.8 Å². The first-order chi connectivity index (χ1) is 7.30. The topological polar surface area (TPSA) is 48.1 Å². The maximum atomic E-state index is 10.4. The molecule has 1 saturated heterocycles. The number of epoxide rings is 1. The molecule has 2 atom stereocenters. The predicted molar refractivity (Wildman–Crippen MR) is 53.2 cm³/mol. The average molecular weight is 208 g/mol. The van der Waals surface area contributed by atoms with E-state index in [9.17, 15) is 4.79 Å². The first kappa shape index (κ1) is 9.98. The zero-order chi connectivity index (χ0) is 10.8. The van der Waals surface area contributed by atoms with Crippen molar-refractivity contribution in [2.75, 3.05) is 14.2 Å². The highest BCUT2D eigenvalue weighted by molar-refractivity contribution is 5.62. The number of aldehydes is 1. The van der Waals surface area contributed by atoms with Crippen molar-refractivity contribution >= 4 is 6.29 Å². The first-order valence-electron chi connectivity index (χ1n) is 4.63. The smallest absolute Gasteiger partial charge is 0.161 e. The Morgan fingerprint density at radius 1 is 1.27 bits per heavy atom. The molecular formula is C11H12O4. The number of carbonyl (C=O) groups excluding carboxylic acids is 1. The van der Waals surface area contributed by atoms with Gasteiger partial charge in [0.1, 0.15) is 12.2 Å². The normalized spacial score (nSPS) is 23.3. The Hall–Kier alpha value is -1.55. The molecule has 0 radical (unpaired) electrons. The maximum Gasteiger partial charge on any atom is 0.161 e. The van der Waals surface area contributed by atoms with Gasteiger partial charge in [-0.15, -0.1) is 0 Å². The Morgan fingerprint density at radius 3 is 2.53 bits per heavy atom. The van der Waals surface area contributed by atoms with Gasteiger partial charge in [-0.25, -0.2) is 0 Å². The van der Waals surface area contributed by atoms with Crippen molar-refractivity contribution < 1.29 is 19.0 Å². The Kier molecular flexibility index (Phi) is 2.60. The van der Waals surface area contributed by atoms with Crippen LogP contribution in [-0.2, 0) is 9.53 Å². The zero-order valence-corrected chi connectivity index (χ0v) is 8.60. The van der Waals surface area contributed by atoms with Gasteiger partial charge in [-0.05, 0) is 17.7 Å². The zero-order valence-electron chi connectivity index (χ0n) is 8.60. The summed E-state index contributed by atoms with van der Waals surface area (Å²) in [5.41, 5.74) is 0.935. The van der Waals surface area contributed by atoms with Crippen LogP contribution in [-0.4, -0.2) is 26.6 Å². The van der Waals surface area contributed by atoms with Crippen LogP contribution in [0.2, 0.25) is 0 Å². The summed E-state index contributed by atoms with van der Waals surface area (Å²) in [7, 11) is 3.16. The molecule has 1 aromatic carbocycles. The van der Waals surface area contributed by atoms with E-state index >= 15 is 0 Å². The van der Waals surface area contributed by atoms with Crippen LogP contribution in [0, 0.1) is 0 Å². The minimum atomic E-state index is -0.303. The van der Waals surface area contributed by atoms with Gasteiger partial charge in [-0.1, -0.05) is 6.07 Å². The summed E-state index contributed by atoms with van der Waals surface area (Å²) in [4.78, 5) is 10.4. The van der Waals surface area contributed by atoms with Crippen molar-refractivity contribution in [2.45, 2.75) is 12.2 Å². The molecule has 0 spiro atoms. The lowest BCUT2D eigenvalue weighted by atomic mass is 10.1. The summed E-state index contributed by atoms with van der Waals surface area (Å²) in [6, 6.07) is 5.50. The third-order valence-corrected chi connectivity index (χ3v) is 2.40. The SMILES string of the molecule is COc1ccc(C2OC2C=O)cc1OC. The number of hydrogen-bond acceptors (Lipinski definition) is 4. The molecule has 2 unspecified atom stereocenters. The highest BCUT2D eigenvalue weighted by Gasteiger charge is 2.40. The molecule has 1 heterocycles. The highest BCUT2D eigenvalue weighted by Crippen LogP contribution is 2.40. The van der Waals surface area contributed by atoms with Gasteiger partial charge in [0.15, 0.2) is 17.8 Å². The van der Waals surface area contributed by atoms with Gasteiger partial charge in [-0.3, -0.25) is 0 Å². The van der Waals surface area contributed by atoms with Crippen LogP contribution in [0.3, 0.4) is 0 Å². The molecule has 4 nitrogen and oxygen atoms in total. The Bertz CT molecular complexity index is 375. The Labute approximate surface area is 87.8 Å². The molecular weight excluding hydrogens is 196 g/mol. The molecule has 1 aromatic rings. The fraction of sp³-hybridized carbons (Fsp3) is 0.364. The van der Waals surface area contributed by atoms with E-state index in [0.29, 0.717) is 11.5 Å². The van der Waals surface area contributed by atoms with Crippen LogP contribution < -0.4 is 9.47 Å². The molecule has 0 aliphatic carbocycles. The van der Waals surface area contributed by atoms with Crippen LogP contribution in [0.1, 0.15) is 11.7 Å². The lowest BCUT2D eigenvalue weighted by Crippen LogP contribution is -1.93. The summed E-state index contributed by atoms with van der Waals surface area (Å²) in [6.07, 6.45) is 0.381. The molecule has 0 bridgehead atoms. The minimum absolute atomic E-state index is 0.123. The number of hydrogen-bond donors (Lipinski definition) is 0. The minimum Gasteiger partial charge on any atom is -0.493 e. The fourth-order valence-corrected chi connectivity index (χ4v) is 1.53. The second kappa shape index (κ2) is 3.90. The van der Waals surface area contributed by atoms with Crippen molar-refractivity contribution in [3.8, 4) is 11.5 Å². The van der Waals surface area contributed by atoms with E-state index in [-0.39, 0.29) is 12.2 Å². The summed E-state index contributed by atoms with van der Waals surface area (Å²) < 4.78 is 15.4. The fourth-order valence-electron chi connectivity index (χ4n) is 1.53. The van der Waals surface area contributed by atoms with Crippen molar-refractivity contribution in [3.63, 3.8) is 0 Å². The van der Waals surface area contributed by atoms with Gasteiger partial charge >= 0.3 is 0 Å². The van der Waals surface area contributed by atoms with E-state index in [0.717, 1.165) is 11.8 Å². The van der Waals surface area contributed by atoms with Crippen LogP contribution in [0.5, 0.6) is 11.5 Å². The molecule has 0 amide bonds. The molecule has 0 aromatic heterocycles. The number of carbonyl (C=O) groups is 1. The molecule has 2 rings (SSSR count). The second-order valence-corrected chi connectivity index (χ2v) is 3.27. The lowest BCUT2D eigenvalue weighted by molar-refractivity contribution is -0.108. The average Bonchev–Trinajstić information content (AvgIpc) is 3.07. The largest absolute Gasteiger partial charge is 0.493 e. The molecule has 1 fully saturated rings. The van der Waals surface area contributed by atoms with E-state index in [1.54, 1.807) is 20.3 Å². The van der Waals surface area contributed by atoms with Gasteiger partial charge < -0.3 is 19.0 Å². The number of methoxy groups -OCH3 is 2. The van der Waals surface area contributed by atoms with Crippen molar-refractivity contribution in [2.24, 2.45) is 0 Å². The van der Waals surface area contributed by atoms with Gasteiger partial charge in [0.25, 0.3) is 0 Å². The molecule has 1 aliphatic rings. The van der Waals surface area contributed by atoms with Crippen LogP contribution >= 0.6 is 0 Å². The summed E-state index contributed by atoms with van der Waals surface area (Å²) in [5, 5.41) is 0. The predicted octanol–water partition coefficient (Wildman–Crippen LogP) is 1.34. The number of rotatable bonds is 4. The van der Waals surface area contributed by atoms with Gasteiger partial charge in [0.2, 0.25) is 0 Å². The molecule has 0 saturated carbocycles. The van der Waals surface area contributed by atoms with Crippen molar-refractivity contribution in [1.82, 2.24) is 0 Å². The van der Waals surface area contributed by atoms with E-state index in [2.05, 4.69) is 0 Å². The number of ether oxygens (including phenoxy) is 3. The standard InChI is InChI=1S/C11H12O4/c1-13-8-4-3-7(5-9(8)14-2)11-10(6-12)15-11/h3-6,10-11H,1-2H3. The van der Waals surface area contributed by atoms with E-state index in [4.69, 9.17) is 14.2 Å². The van der Waals surface area contributed by atoms with Gasteiger partial charge in [0, 0.05) is 0 Å². The molecule has 1 aliphatic heterocycles. The first-order valence-corrected chi connectivity index (χ1v) is 4.63. The number of benzene rings is 1. The second-order valence-electron chi connectivity index (χ2n) is 3.27. The summed E-state index contributed by atoms with van der Waals surface area (Å²) in [6.45, 7) is 0. The van der Waals surface area contributed by atoms with E-state index in [1.807, 2.05) is 12.1 Å². The van der Waals surface area contributed by atoms with E-state index < -0.39 is 0 Å².